The van der Waals surface area contributed by atoms with Crippen LogP contribution in [0.1, 0.15) is 57.6 Å². The molecule has 36 heavy (non-hydrogen) atoms. The summed E-state index contributed by atoms with van der Waals surface area (Å²) in [6.45, 7) is 8.09. The van der Waals surface area contributed by atoms with Gasteiger partial charge < -0.3 is 10.2 Å². The Labute approximate surface area is 214 Å². The molecule has 2 atom stereocenters. The monoisotopic (exact) mass is 519 g/mol. The van der Waals surface area contributed by atoms with Gasteiger partial charge in [0.2, 0.25) is 21.8 Å². The minimum absolute atomic E-state index is 0.0130. The van der Waals surface area contributed by atoms with E-state index in [1.54, 1.807) is 4.90 Å². The summed E-state index contributed by atoms with van der Waals surface area (Å²) in [5.74, 6) is -0.884. The van der Waals surface area contributed by atoms with Gasteiger partial charge >= 0.3 is 0 Å². The van der Waals surface area contributed by atoms with E-state index in [0.717, 1.165) is 23.8 Å². The lowest BCUT2D eigenvalue weighted by atomic mass is 10.0. The van der Waals surface area contributed by atoms with Crippen molar-refractivity contribution in [2.24, 2.45) is 0 Å². The van der Waals surface area contributed by atoms with Crippen LogP contribution in [-0.4, -0.2) is 50.0 Å². The Hall–Kier alpha value is -2.94. The lowest BCUT2D eigenvalue weighted by molar-refractivity contribution is -0.141. The number of nitrogens with one attached hydrogen (secondary N) is 1. The number of nitrogens with zero attached hydrogens (tertiary/aromatic N) is 2. The molecule has 0 aliphatic carbocycles. The fraction of sp³-hybridized carbons (Fsp3) is 0.481. The van der Waals surface area contributed by atoms with E-state index < -0.39 is 21.9 Å². The van der Waals surface area contributed by atoms with Crippen LogP contribution < -0.4 is 9.62 Å². The van der Waals surface area contributed by atoms with E-state index in [9.17, 15) is 22.4 Å². The molecule has 2 amide bonds. The fourth-order valence-corrected chi connectivity index (χ4v) is 4.91. The van der Waals surface area contributed by atoms with E-state index in [-0.39, 0.29) is 43.8 Å². The van der Waals surface area contributed by atoms with Crippen LogP contribution in [-0.2, 0) is 26.2 Å². The van der Waals surface area contributed by atoms with Gasteiger partial charge in [0.1, 0.15) is 11.9 Å². The second kappa shape index (κ2) is 13.4. The number of carbonyl (C=O) groups excluding carboxylic acids is 2. The molecule has 0 spiro atoms. The first kappa shape index (κ1) is 29.3. The van der Waals surface area contributed by atoms with E-state index in [2.05, 4.69) is 5.32 Å². The van der Waals surface area contributed by atoms with Crippen molar-refractivity contribution in [2.75, 3.05) is 17.1 Å². The maximum absolute atomic E-state index is 13.5. The molecule has 9 heteroatoms. The number of amides is 2. The third-order valence-electron chi connectivity index (χ3n) is 6.26. The SMILES string of the molecule is CCC(C)NC(=O)C(CC)N(Cc1ccccc1C)C(=O)CCCN(c1ccc(F)cc1)S(C)(=O)=O. The average Bonchev–Trinajstić information content (AvgIpc) is 2.82. The maximum Gasteiger partial charge on any atom is 0.243 e. The first-order valence-corrected chi connectivity index (χ1v) is 14.2. The van der Waals surface area contributed by atoms with Crippen LogP contribution in [0, 0.1) is 12.7 Å². The molecule has 0 saturated heterocycles. The lowest BCUT2D eigenvalue weighted by Crippen LogP contribution is -2.50. The predicted octanol–water partition coefficient (Wildman–Crippen LogP) is 4.40. The van der Waals surface area contributed by atoms with E-state index >= 15 is 0 Å². The molecule has 2 unspecified atom stereocenters. The van der Waals surface area contributed by atoms with Crippen molar-refractivity contribution in [2.45, 2.75) is 72.0 Å². The molecule has 0 bridgehead atoms. The van der Waals surface area contributed by atoms with Crippen LogP contribution in [0.4, 0.5) is 10.1 Å². The molecule has 2 aromatic rings. The van der Waals surface area contributed by atoms with E-state index in [4.69, 9.17) is 0 Å². The minimum atomic E-state index is -3.63. The summed E-state index contributed by atoms with van der Waals surface area (Å²) < 4.78 is 39.2. The van der Waals surface area contributed by atoms with Crippen molar-refractivity contribution in [1.82, 2.24) is 10.2 Å². The van der Waals surface area contributed by atoms with Gasteiger partial charge in [-0.05, 0) is 68.5 Å². The van der Waals surface area contributed by atoms with E-state index in [1.165, 1.54) is 28.6 Å². The zero-order valence-electron chi connectivity index (χ0n) is 21.8. The van der Waals surface area contributed by atoms with Crippen molar-refractivity contribution in [1.29, 1.82) is 0 Å². The van der Waals surface area contributed by atoms with Gasteiger partial charge in [-0.3, -0.25) is 13.9 Å². The number of anilines is 1. The number of hydrogen-bond acceptors (Lipinski definition) is 4. The largest absolute Gasteiger partial charge is 0.352 e. The van der Waals surface area contributed by atoms with Crippen LogP contribution in [0.25, 0.3) is 0 Å². The van der Waals surface area contributed by atoms with Crippen molar-refractivity contribution in [3.8, 4) is 0 Å². The molecule has 2 rings (SSSR count). The Morgan fingerprint density at radius 2 is 1.67 bits per heavy atom. The Morgan fingerprint density at radius 1 is 1.03 bits per heavy atom. The van der Waals surface area contributed by atoms with Crippen LogP contribution in [0.15, 0.2) is 48.5 Å². The van der Waals surface area contributed by atoms with Crippen molar-refractivity contribution in [3.63, 3.8) is 0 Å². The second-order valence-electron chi connectivity index (χ2n) is 9.11. The summed E-state index contributed by atoms with van der Waals surface area (Å²) in [5.41, 5.74) is 2.30. The zero-order chi connectivity index (χ0) is 26.9. The minimum Gasteiger partial charge on any atom is -0.352 e. The number of rotatable bonds is 13. The Bertz CT molecular complexity index is 1120. The highest BCUT2D eigenvalue weighted by Gasteiger charge is 2.29. The van der Waals surface area contributed by atoms with Gasteiger partial charge in [0.25, 0.3) is 0 Å². The molecule has 1 N–H and O–H groups in total. The molecule has 2 aromatic carbocycles. The molecule has 0 aliphatic heterocycles. The first-order chi connectivity index (χ1) is 17.0. The average molecular weight is 520 g/mol. The van der Waals surface area contributed by atoms with Crippen LogP contribution in [0.3, 0.4) is 0 Å². The molecular formula is C27H38FN3O4S. The van der Waals surface area contributed by atoms with Gasteiger partial charge in [0, 0.05) is 25.6 Å². The highest BCUT2D eigenvalue weighted by Crippen LogP contribution is 2.20. The first-order valence-electron chi connectivity index (χ1n) is 12.4. The molecule has 0 fully saturated rings. The summed E-state index contributed by atoms with van der Waals surface area (Å²) in [6, 6.07) is 12.3. The van der Waals surface area contributed by atoms with Crippen molar-refractivity contribution < 1.29 is 22.4 Å². The topological polar surface area (TPSA) is 86.8 Å². The Balaban J connectivity index is 2.23. The number of carbonyl (C=O) groups is 2. The van der Waals surface area contributed by atoms with Crippen molar-refractivity contribution in [3.05, 3.63) is 65.5 Å². The standard InChI is InChI=1S/C27H38FN3O4S/c1-6-21(4)29-27(33)25(7-2)30(19-22-12-9-8-11-20(22)3)26(32)13-10-18-31(36(5,34)35)24-16-14-23(28)15-17-24/h8-9,11-12,14-17,21,25H,6-7,10,13,18-19H2,1-5H3,(H,29,33). The van der Waals surface area contributed by atoms with E-state index in [0.29, 0.717) is 12.1 Å². The summed E-state index contributed by atoms with van der Waals surface area (Å²) in [6.07, 6.45) is 2.61. The molecule has 0 aliphatic rings. The second-order valence-corrected chi connectivity index (χ2v) is 11.0. The van der Waals surface area contributed by atoms with Gasteiger partial charge in [0.15, 0.2) is 0 Å². The molecule has 0 heterocycles. The van der Waals surface area contributed by atoms with Gasteiger partial charge in [-0.15, -0.1) is 0 Å². The molecule has 198 valence electrons. The summed E-state index contributed by atoms with van der Waals surface area (Å²) >= 11 is 0. The van der Waals surface area contributed by atoms with Gasteiger partial charge in [-0.1, -0.05) is 38.1 Å². The summed E-state index contributed by atoms with van der Waals surface area (Å²) in [7, 11) is -3.63. The van der Waals surface area contributed by atoms with Crippen LogP contribution in [0.2, 0.25) is 0 Å². The molecule has 0 saturated carbocycles. The molecule has 0 aromatic heterocycles. The highest BCUT2D eigenvalue weighted by atomic mass is 32.2. The van der Waals surface area contributed by atoms with Crippen LogP contribution >= 0.6 is 0 Å². The van der Waals surface area contributed by atoms with Gasteiger partial charge in [-0.25, -0.2) is 12.8 Å². The number of sulfonamides is 1. The quantitative estimate of drug-likeness (QED) is 0.425. The highest BCUT2D eigenvalue weighted by molar-refractivity contribution is 7.92. The fourth-order valence-electron chi connectivity index (χ4n) is 3.94. The van der Waals surface area contributed by atoms with Crippen LogP contribution in [0.5, 0.6) is 0 Å². The number of aryl methyl sites for hydroxylation is 1. The molecular weight excluding hydrogens is 481 g/mol. The Kier molecular flexibility index (Phi) is 10.9. The van der Waals surface area contributed by atoms with Gasteiger partial charge in [-0.2, -0.15) is 0 Å². The maximum atomic E-state index is 13.5. The smallest absolute Gasteiger partial charge is 0.243 e. The summed E-state index contributed by atoms with van der Waals surface area (Å²) in [4.78, 5) is 28.1. The third-order valence-corrected chi connectivity index (χ3v) is 7.45. The zero-order valence-corrected chi connectivity index (χ0v) is 22.6. The van der Waals surface area contributed by atoms with Crippen molar-refractivity contribution >= 4 is 27.5 Å². The normalized spacial score (nSPS) is 13.1. The predicted molar refractivity (Wildman–Crippen MR) is 142 cm³/mol. The Morgan fingerprint density at radius 3 is 2.22 bits per heavy atom. The number of hydrogen-bond donors (Lipinski definition) is 1. The summed E-state index contributed by atoms with van der Waals surface area (Å²) in [5, 5.41) is 2.99. The number of benzene rings is 2. The number of halogens is 1. The molecule has 7 nitrogen and oxygen atoms in total. The molecule has 0 radical (unpaired) electrons. The lowest BCUT2D eigenvalue weighted by Gasteiger charge is -2.32. The van der Waals surface area contributed by atoms with E-state index in [1.807, 2.05) is 52.0 Å². The third kappa shape index (κ3) is 8.33. The van der Waals surface area contributed by atoms with Gasteiger partial charge in [0.05, 0.1) is 11.9 Å².